The number of rotatable bonds is 2. The molecule has 0 aromatic heterocycles. The lowest BCUT2D eigenvalue weighted by molar-refractivity contribution is 0.100. The Bertz CT molecular complexity index is 546. The Morgan fingerprint density at radius 2 is 2.00 bits per heavy atom. The van der Waals surface area contributed by atoms with Crippen molar-refractivity contribution in [2.24, 2.45) is 5.73 Å². The van der Waals surface area contributed by atoms with Crippen LogP contribution in [0.5, 0.6) is 0 Å². The van der Waals surface area contributed by atoms with E-state index in [1.54, 1.807) is 30.3 Å². The molecular weight excluding hydrogens is 190 g/mol. The van der Waals surface area contributed by atoms with Gasteiger partial charge in [-0.25, -0.2) is 0 Å². The highest BCUT2D eigenvalue weighted by Gasteiger charge is 2.05. The van der Waals surface area contributed by atoms with Gasteiger partial charge in [0.15, 0.2) is 0 Å². The lowest BCUT2D eigenvalue weighted by atomic mass is 10.0. The Morgan fingerprint density at radius 3 is 2.67 bits per heavy atom. The molecule has 3 heteroatoms. The Kier molecular flexibility index (Phi) is 2.21. The first-order valence-electron chi connectivity index (χ1n) is 4.50. The van der Waals surface area contributed by atoms with Gasteiger partial charge >= 0.3 is 0 Å². The number of hydrogen-bond donors (Lipinski definition) is 1. The second kappa shape index (κ2) is 3.53. The zero-order chi connectivity index (χ0) is 10.8. The summed E-state index contributed by atoms with van der Waals surface area (Å²) in [5.41, 5.74) is 6.31. The van der Waals surface area contributed by atoms with E-state index in [1.165, 1.54) is 0 Å². The molecule has 0 unspecified atom stereocenters. The molecule has 0 saturated heterocycles. The van der Waals surface area contributed by atoms with Crippen LogP contribution in [0.4, 0.5) is 0 Å². The minimum Gasteiger partial charge on any atom is -0.366 e. The SMILES string of the molecule is NC(=O)c1cccc2cc(C=O)ccc12. The summed E-state index contributed by atoms with van der Waals surface area (Å²) in [7, 11) is 0. The van der Waals surface area contributed by atoms with Gasteiger partial charge in [-0.3, -0.25) is 9.59 Å². The molecule has 0 aliphatic heterocycles. The van der Waals surface area contributed by atoms with E-state index in [9.17, 15) is 9.59 Å². The van der Waals surface area contributed by atoms with E-state index >= 15 is 0 Å². The Balaban J connectivity index is 2.77. The summed E-state index contributed by atoms with van der Waals surface area (Å²) < 4.78 is 0. The van der Waals surface area contributed by atoms with Crippen LogP contribution in [-0.2, 0) is 0 Å². The van der Waals surface area contributed by atoms with Crippen molar-refractivity contribution in [2.45, 2.75) is 0 Å². The largest absolute Gasteiger partial charge is 0.366 e. The summed E-state index contributed by atoms with van der Waals surface area (Å²) in [5, 5.41) is 1.62. The molecule has 0 fully saturated rings. The van der Waals surface area contributed by atoms with Crippen molar-refractivity contribution in [2.75, 3.05) is 0 Å². The monoisotopic (exact) mass is 199 g/mol. The molecule has 1 amide bonds. The Hall–Kier alpha value is -2.16. The van der Waals surface area contributed by atoms with E-state index in [1.807, 2.05) is 6.07 Å². The molecule has 0 bridgehead atoms. The van der Waals surface area contributed by atoms with Crippen LogP contribution in [0.15, 0.2) is 36.4 Å². The first-order chi connectivity index (χ1) is 7.22. The molecule has 3 nitrogen and oxygen atoms in total. The fraction of sp³-hybridized carbons (Fsp3) is 0. The highest BCUT2D eigenvalue weighted by Crippen LogP contribution is 2.19. The van der Waals surface area contributed by atoms with Gasteiger partial charge in [-0.2, -0.15) is 0 Å². The fourth-order valence-corrected chi connectivity index (χ4v) is 1.59. The number of primary amides is 1. The normalized spacial score (nSPS) is 10.1. The molecule has 0 heterocycles. The van der Waals surface area contributed by atoms with Crippen molar-refractivity contribution in [1.82, 2.24) is 0 Å². The van der Waals surface area contributed by atoms with Gasteiger partial charge in [-0.1, -0.05) is 24.3 Å². The maximum atomic E-state index is 11.1. The molecule has 0 saturated carbocycles. The van der Waals surface area contributed by atoms with Crippen molar-refractivity contribution in [1.29, 1.82) is 0 Å². The molecule has 0 radical (unpaired) electrons. The van der Waals surface area contributed by atoms with Crippen molar-refractivity contribution >= 4 is 23.0 Å². The number of fused-ring (bicyclic) bond motifs is 1. The third-order valence-corrected chi connectivity index (χ3v) is 2.31. The van der Waals surface area contributed by atoms with Crippen LogP contribution in [0.3, 0.4) is 0 Å². The molecular formula is C12H9NO2. The van der Waals surface area contributed by atoms with Crippen molar-refractivity contribution in [3.05, 3.63) is 47.5 Å². The van der Waals surface area contributed by atoms with Crippen LogP contribution < -0.4 is 5.73 Å². The van der Waals surface area contributed by atoms with Crippen LogP contribution in [-0.4, -0.2) is 12.2 Å². The molecule has 15 heavy (non-hydrogen) atoms. The zero-order valence-corrected chi connectivity index (χ0v) is 7.94. The van der Waals surface area contributed by atoms with E-state index in [-0.39, 0.29) is 0 Å². The second-order valence-corrected chi connectivity index (χ2v) is 3.27. The standard InChI is InChI=1S/C12H9NO2/c13-12(15)11-3-1-2-9-6-8(7-14)4-5-10(9)11/h1-7H,(H2,13,15). The van der Waals surface area contributed by atoms with Gasteiger partial charge in [0.05, 0.1) is 0 Å². The van der Waals surface area contributed by atoms with Crippen LogP contribution in [0.2, 0.25) is 0 Å². The molecule has 0 aliphatic carbocycles. The number of benzene rings is 2. The minimum absolute atomic E-state index is 0.459. The summed E-state index contributed by atoms with van der Waals surface area (Å²) in [6, 6.07) is 10.4. The Morgan fingerprint density at radius 1 is 1.20 bits per heavy atom. The van der Waals surface area contributed by atoms with E-state index < -0.39 is 5.91 Å². The number of hydrogen-bond acceptors (Lipinski definition) is 2. The number of carbonyl (C=O) groups excluding carboxylic acids is 2. The predicted octanol–water partition coefficient (Wildman–Crippen LogP) is 1.75. The molecule has 0 spiro atoms. The van der Waals surface area contributed by atoms with Gasteiger partial charge < -0.3 is 5.73 Å². The lowest BCUT2D eigenvalue weighted by Gasteiger charge is -2.03. The molecule has 0 aliphatic rings. The van der Waals surface area contributed by atoms with Crippen LogP contribution in [0.25, 0.3) is 10.8 Å². The number of nitrogens with two attached hydrogens (primary N) is 1. The van der Waals surface area contributed by atoms with Gasteiger partial charge in [0, 0.05) is 11.1 Å². The molecule has 74 valence electrons. The quantitative estimate of drug-likeness (QED) is 0.749. The minimum atomic E-state index is -0.459. The van der Waals surface area contributed by atoms with Gasteiger partial charge in [-0.05, 0) is 22.9 Å². The van der Waals surface area contributed by atoms with Crippen molar-refractivity contribution in [3.63, 3.8) is 0 Å². The Labute approximate surface area is 86.5 Å². The van der Waals surface area contributed by atoms with E-state index in [0.29, 0.717) is 11.1 Å². The van der Waals surface area contributed by atoms with Crippen molar-refractivity contribution in [3.8, 4) is 0 Å². The van der Waals surface area contributed by atoms with E-state index in [2.05, 4.69) is 0 Å². The van der Waals surface area contributed by atoms with Gasteiger partial charge in [0.25, 0.3) is 0 Å². The van der Waals surface area contributed by atoms with Crippen LogP contribution in [0.1, 0.15) is 20.7 Å². The smallest absolute Gasteiger partial charge is 0.249 e. The first kappa shape index (κ1) is 9.40. The van der Waals surface area contributed by atoms with Gasteiger partial charge in [0.2, 0.25) is 5.91 Å². The summed E-state index contributed by atoms with van der Waals surface area (Å²) >= 11 is 0. The second-order valence-electron chi connectivity index (χ2n) is 3.27. The number of aldehydes is 1. The van der Waals surface area contributed by atoms with Crippen molar-refractivity contribution < 1.29 is 9.59 Å². The van der Waals surface area contributed by atoms with Crippen LogP contribution in [0, 0.1) is 0 Å². The average Bonchev–Trinajstić information content (AvgIpc) is 2.27. The molecule has 2 N–H and O–H groups in total. The van der Waals surface area contributed by atoms with E-state index in [0.717, 1.165) is 17.1 Å². The highest BCUT2D eigenvalue weighted by molar-refractivity contribution is 6.07. The summed E-state index contributed by atoms with van der Waals surface area (Å²) in [6.45, 7) is 0. The molecule has 2 aromatic carbocycles. The third kappa shape index (κ3) is 1.59. The van der Waals surface area contributed by atoms with Crippen LogP contribution >= 0.6 is 0 Å². The fourth-order valence-electron chi connectivity index (χ4n) is 1.59. The maximum absolute atomic E-state index is 11.1. The topological polar surface area (TPSA) is 60.2 Å². The molecule has 2 rings (SSSR count). The molecule has 2 aromatic rings. The third-order valence-electron chi connectivity index (χ3n) is 2.31. The predicted molar refractivity (Wildman–Crippen MR) is 57.9 cm³/mol. The summed E-state index contributed by atoms with van der Waals surface area (Å²) in [5.74, 6) is -0.459. The summed E-state index contributed by atoms with van der Waals surface area (Å²) in [6.07, 6.45) is 0.774. The number of carbonyl (C=O) groups is 2. The first-order valence-corrected chi connectivity index (χ1v) is 4.50. The molecule has 0 atom stereocenters. The lowest BCUT2D eigenvalue weighted by Crippen LogP contribution is -2.11. The average molecular weight is 199 g/mol. The summed E-state index contributed by atoms with van der Waals surface area (Å²) in [4.78, 5) is 21.7. The zero-order valence-electron chi connectivity index (χ0n) is 7.94. The van der Waals surface area contributed by atoms with Gasteiger partial charge in [0.1, 0.15) is 6.29 Å². The highest BCUT2D eigenvalue weighted by atomic mass is 16.1. The van der Waals surface area contributed by atoms with E-state index in [4.69, 9.17) is 5.73 Å². The maximum Gasteiger partial charge on any atom is 0.249 e. The number of amides is 1. The van der Waals surface area contributed by atoms with Gasteiger partial charge in [-0.15, -0.1) is 0 Å².